The fraction of sp³-hybridized carbons (Fsp3) is 0.692. The lowest BCUT2D eigenvalue weighted by molar-refractivity contribution is -0.145. The number of carboxylic acid groups (broad SMARTS) is 1. The number of carbonyl (C=O) groups excluding carboxylic acids is 1. The van der Waals surface area contributed by atoms with Crippen LogP contribution >= 0.6 is 0 Å². The van der Waals surface area contributed by atoms with Gasteiger partial charge in [-0.2, -0.15) is 0 Å². The minimum Gasteiger partial charge on any atom is -0.481 e. The fourth-order valence-electron chi connectivity index (χ4n) is 2.45. The molecule has 21 heavy (non-hydrogen) atoms. The van der Waals surface area contributed by atoms with Gasteiger partial charge >= 0.3 is 5.97 Å². The number of hydrogen-bond donors (Lipinski definition) is 2. The molecule has 2 heterocycles. The molecule has 0 atom stereocenters. The van der Waals surface area contributed by atoms with Crippen molar-refractivity contribution in [3.8, 4) is 0 Å². The van der Waals surface area contributed by atoms with Gasteiger partial charge in [0.1, 0.15) is 12.2 Å². The summed E-state index contributed by atoms with van der Waals surface area (Å²) in [5.74, 6) is -0.277. The first-order chi connectivity index (χ1) is 10.1. The Morgan fingerprint density at radius 1 is 1.43 bits per heavy atom. The topological polar surface area (TPSA) is 100 Å². The van der Waals surface area contributed by atoms with Crippen LogP contribution in [-0.2, 0) is 22.7 Å². The zero-order chi connectivity index (χ0) is 15.2. The van der Waals surface area contributed by atoms with Crippen LogP contribution in [0.4, 0.5) is 0 Å². The van der Waals surface area contributed by atoms with Crippen molar-refractivity contribution in [3.05, 3.63) is 12.2 Å². The maximum atomic E-state index is 12.0. The predicted molar refractivity (Wildman–Crippen MR) is 74.3 cm³/mol. The van der Waals surface area contributed by atoms with E-state index in [0.29, 0.717) is 32.5 Å². The summed E-state index contributed by atoms with van der Waals surface area (Å²) in [6, 6.07) is 0. The van der Waals surface area contributed by atoms with Gasteiger partial charge in [0.2, 0.25) is 5.91 Å². The molecule has 8 nitrogen and oxygen atoms in total. The second-order valence-electron chi connectivity index (χ2n) is 5.13. The van der Waals surface area contributed by atoms with E-state index in [2.05, 4.69) is 15.5 Å². The largest absolute Gasteiger partial charge is 0.481 e. The number of aromatic nitrogens is 3. The van der Waals surface area contributed by atoms with E-state index in [9.17, 15) is 9.59 Å². The number of nitrogens with one attached hydrogen (secondary N) is 1. The van der Waals surface area contributed by atoms with Gasteiger partial charge in [0, 0.05) is 19.6 Å². The molecule has 1 fully saturated rings. The number of likely N-dealkylation sites (tertiary alicyclic amines) is 1. The molecule has 0 aliphatic carbocycles. The molecule has 0 unspecified atom stereocenters. The van der Waals surface area contributed by atoms with Gasteiger partial charge in [-0.05, 0) is 19.8 Å². The molecule has 0 radical (unpaired) electrons. The molecule has 0 bridgehead atoms. The van der Waals surface area contributed by atoms with Gasteiger partial charge in [-0.25, -0.2) is 0 Å². The Morgan fingerprint density at radius 2 is 2.14 bits per heavy atom. The van der Waals surface area contributed by atoms with Crippen LogP contribution in [0.25, 0.3) is 0 Å². The summed E-state index contributed by atoms with van der Waals surface area (Å²) in [5, 5.41) is 19.8. The van der Waals surface area contributed by atoms with E-state index in [0.717, 1.165) is 12.4 Å². The minimum absolute atomic E-state index is 0.00130. The molecular formula is C13H21N5O3. The molecule has 2 rings (SSSR count). The molecule has 1 aliphatic rings. The number of hydrogen-bond acceptors (Lipinski definition) is 5. The van der Waals surface area contributed by atoms with Gasteiger partial charge < -0.3 is 19.9 Å². The Balaban J connectivity index is 1.72. The predicted octanol–water partition coefficient (Wildman–Crippen LogP) is -0.289. The van der Waals surface area contributed by atoms with Gasteiger partial charge in [0.15, 0.2) is 0 Å². The summed E-state index contributed by atoms with van der Waals surface area (Å²) in [5.41, 5.74) is 0. The van der Waals surface area contributed by atoms with E-state index < -0.39 is 5.97 Å². The Hall–Kier alpha value is -1.96. The van der Waals surface area contributed by atoms with Crippen LogP contribution < -0.4 is 5.32 Å². The van der Waals surface area contributed by atoms with Crippen LogP contribution in [0.2, 0.25) is 0 Å². The van der Waals surface area contributed by atoms with Gasteiger partial charge in [-0.3, -0.25) is 9.59 Å². The molecule has 1 aliphatic heterocycles. The molecule has 8 heteroatoms. The number of aliphatic carboxylic acids is 1. The van der Waals surface area contributed by atoms with E-state index >= 15 is 0 Å². The third-order valence-electron chi connectivity index (χ3n) is 3.79. The Morgan fingerprint density at radius 3 is 2.76 bits per heavy atom. The lowest BCUT2D eigenvalue weighted by atomic mass is 9.97. The lowest BCUT2D eigenvalue weighted by Crippen LogP contribution is -2.44. The number of nitrogens with zero attached hydrogens (tertiary/aromatic N) is 4. The van der Waals surface area contributed by atoms with Crippen molar-refractivity contribution in [1.82, 2.24) is 25.0 Å². The highest BCUT2D eigenvalue weighted by Gasteiger charge is 2.26. The highest BCUT2D eigenvalue weighted by Crippen LogP contribution is 2.17. The monoisotopic (exact) mass is 295 g/mol. The van der Waals surface area contributed by atoms with Gasteiger partial charge in [0.05, 0.1) is 19.0 Å². The molecule has 1 amide bonds. The summed E-state index contributed by atoms with van der Waals surface area (Å²) in [4.78, 5) is 24.6. The van der Waals surface area contributed by atoms with Crippen LogP contribution in [-0.4, -0.2) is 56.3 Å². The maximum absolute atomic E-state index is 12.0. The van der Waals surface area contributed by atoms with E-state index in [4.69, 9.17) is 5.11 Å². The van der Waals surface area contributed by atoms with Crippen molar-refractivity contribution in [1.29, 1.82) is 0 Å². The lowest BCUT2D eigenvalue weighted by Gasteiger charge is -2.30. The molecule has 0 aromatic carbocycles. The summed E-state index contributed by atoms with van der Waals surface area (Å²) in [6.07, 6.45) is 2.73. The molecular weight excluding hydrogens is 274 g/mol. The minimum atomic E-state index is -0.765. The average Bonchev–Trinajstić information content (AvgIpc) is 2.94. The maximum Gasteiger partial charge on any atom is 0.306 e. The van der Waals surface area contributed by atoms with Crippen molar-refractivity contribution < 1.29 is 14.7 Å². The first-order valence-electron chi connectivity index (χ1n) is 7.19. The first kappa shape index (κ1) is 15.4. The number of amides is 1. The van der Waals surface area contributed by atoms with Gasteiger partial charge in [-0.1, -0.05) is 0 Å². The van der Waals surface area contributed by atoms with Crippen LogP contribution in [0.3, 0.4) is 0 Å². The molecule has 1 saturated heterocycles. The highest BCUT2D eigenvalue weighted by molar-refractivity contribution is 5.78. The summed E-state index contributed by atoms with van der Waals surface area (Å²) < 4.78 is 1.91. The standard InChI is InChI=1S/C13H21N5O3/c1-2-17-9-15-16-11(17)7-14-8-12(19)18-5-3-10(4-6-18)13(20)21/h9-10,14H,2-8H2,1H3,(H,20,21). The SMILES string of the molecule is CCn1cnnc1CNCC(=O)N1CCC(C(=O)O)CC1. The quantitative estimate of drug-likeness (QED) is 0.748. The third-order valence-corrected chi connectivity index (χ3v) is 3.79. The van der Waals surface area contributed by atoms with Crippen LogP contribution in [0, 0.1) is 5.92 Å². The molecule has 116 valence electrons. The van der Waals surface area contributed by atoms with Crippen molar-refractivity contribution in [2.45, 2.75) is 32.9 Å². The Bertz CT molecular complexity index is 494. The Kier molecular flexibility index (Phi) is 5.26. The van der Waals surface area contributed by atoms with Crippen molar-refractivity contribution >= 4 is 11.9 Å². The third kappa shape index (κ3) is 4.01. The zero-order valence-electron chi connectivity index (χ0n) is 12.2. The first-order valence-corrected chi connectivity index (χ1v) is 7.19. The van der Waals surface area contributed by atoms with Crippen molar-refractivity contribution in [2.24, 2.45) is 5.92 Å². The van der Waals surface area contributed by atoms with E-state index in [1.165, 1.54) is 0 Å². The Labute approximate surface area is 123 Å². The molecule has 2 N–H and O–H groups in total. The molecule has 1 aromatic heterocycles. The van der Waals surface area contributed by atoms with Crippen LogP contribution in [0.1, 0.15) is 25.6 Å². The smallest absolute Gasteiger partial charge is 0.306 e. The van der Waals surface area contributed by atoms with E-state index in [-0.39, 0.29) is 18.4 Å². The molecule has 1 aromatic rings. The summed E-state index contributed by atoms with van der Waals surface area (Å²) in [7, 11) is 0. The normalized spacial score (nSPS) is 16.1. The number of carboxylic acids is 1. The molecule has 0 saturated carbocycles. The second-order valence-corrected chi connectivity index (χ2v) is 5.13. The number of carbonyl (C=O) groups is 2. The molecule has 0 spiro atoms. The van der Waals surface area contributed by atoms with Crippen LogP contribution in [0.15, 0.2) is 6.33 Å². The van der Waals surface area contributed by atoms with Crippen LogP contribution in [0.5, 0.6) is 0 Å². The number of aryl methyl sites for hydroxylation is 1. The van der Waals surface area contributed by atoms with Gasteiger partial charge in [0.25, 0.3) is 0 Å². The summed E-state index contributed by atoms with van der Waals surface area (Å²) in [6.45, 7) is 4.55. The van der Waals surface area contributed by atoms with Crippen molar-refractivity contribution in [2.75, 3.05) is 19.6 Å². The second kappa shape index (κ2) is 7.16. The zero-order valence-corrected chi connectivity index (χ0v) is 12.2. The number of rotatable bonds is 6. The fourth-order valence-corrected chi connectivity index (χ4v) is 2.45. The van der Waals surface area contributed by atoms with E-state index in [1.54, 1.807) is 11.2 Å². The van der Waals surface area contributed by atoms with Crippen molar-refractivity contribution in [3.63, 3.8) is 0 Å². The van der Waals surface area contributed by atoms with Gasteiger partial charge in [-0.15, -0.1) is 10.2 Å². The highest BCUT2D eigenvalue weighted by atomic mass is 16.4. The van der Waals surface area contributed by atoms with E-state index in [1.807, 2.05) is 11.5 Å². The summed E-state index contributed by atoms with van der Waals surface area (Å²) >= 11 is 0. The average molecular weight is 295 g/mol. The number of piperidine rings is 1.